The van der Waals surface area contributed by atoms with Gasteiger partial charge in [0.2, 0.25) is 0 Å². The number of thiazole rings is 1. The minimum Gasteiger partial charge on any atom is -0.309 e. The molecule has 1 fully saturated rings. The highest BCUT2D eigenvalue weighted by Gasteiger charge is 2.36. The van der Waals surface area contributed by atoms with E-state index in [2.05, 4.69) is 10.3 Å². The molecule has 0 aliphatic heterocycles. The summed E-state index contributed by atoms with van der Waals surface area (Å²) in [5.74, 6) is 0.676. The van der Waals surface area contributed by atoms with Gasteiger partial charge in [-0.05, 0) is 18.9 Å². The summed E-state index contributed by atoms with van der Waals surface area (Å²) in [6.07, 6.45) is 0.370. The van der Waals surface area contributed by atoms with Crippen molar-refractivity contribution < 1.29 is 13.2 Å². The third kappa shape index (κ3) is 3.42. The van der Waals surface area contributed by atoms with Gasteiger partial charge in [0, 0.05) is 17.1 Å². The molecule has 6 heteroatoms. The fraction of sp³-hybridized carbons (Fsp3) is 0.727. The lowest BCUT2D eigenvalue weighted by Gasteiger charge is -2.15. The molecule has 1 aliphatic rings. The third-order valence-electron chi connectivity index (χ3n) is 2.83. The molecule has 0 bridgehead atoms. The van der Waals surface area contributed by atoms with E-state index in [9.17, 15) is 13.2 Å². The number of aromatic nitrogens is 1. The maximum Gasteiger partial charge on any atom is 0.443 e. The first kappa shape index (κ1) is 12.8. The minimum absolute atomic E-state index is 0.0288. The van der Waals surface area contributed by atoms with Gasteiger partial charge in [-0.2, -0.15) is 13.2 Å². The monoisotopic (exact) mass is 264 g/mol. The third-order valence-corrected chi connectivity index (χ3v) is 3.98. The highest BCUT2D eigenvalue weighted by atomic mass is 32.1. The molecule has 96 valence electrons. The van der Waals surface area contributed by atoms with Crippen LogP contribution < -0.4 is 5.32 Å². The van der Waals surface area contributed by atoms with Crippen LogP contribution in [0, 0.1) is 5.92 Å². The van der Waals surface area contributed by atoms with Crippen molar-refractivity contribution in [3.63, 3.8) is 0 Å². The summed E-state index contributed by atoms with van der Waals surface area (Å²) in [5.41, 5.74) is 0. The molecular weight excluding hydrogens is 249 g/mol. The predicted molar refractivity (Wildman–Crippen MR) is 60.9 cm³/mol. The van der Waals surface area contributed by atoms with E-state index in [0.717, 1.165) is 24.3 Å². The average molecular weight is 264 g/mol. The number of alkyl halides is 3. The molecule has 0 radical (unpaired) electrons. The van der Waals surface area contributed by atoms with Gasteiger partial charge in [0.15, 0.2) is 5.01 Å². The molecule has 1 heterocycles. The lowest BCUT2D eigenvalue weighted by atomic mass is 10.1. The van der Waals surface area contributed by atoms with Crippen molar-refractivity contribution >= 4 is 11.3 Å². The molecular formula is C11H15F3N2S. The Kier molecular flexibility index (Phi) is 3.73. The van der Waals surface area contributed by atoms with E-state index in [1.165, 1.54) is 19.0 Å². The first-order valence-corrected chi connectivity index (χ1v) is 6.58. The molecule has 0 spiro atoms. The summed E-state index contributed by atoms with van der Waals surface area (Å²) >= 11 is 0.759. The summed E-state index contributed by atoms with van der Waals surface area (Å²) in [5, 5.41) is 2.49. The number of hydrogen-bond acceptors (Lipinski definition) is 3. The van der Waals surface area contributed by atoms with Gasteiger partial charge in [-0.3, -0.25) is 0 Å². The normalized spacial score (nSPS) is 18.4. The second-order valence-corrected chi connectivity index (χ2v) is 5.42. The lowest BCUT2D eigenvalue weighted by molar-refractivity contribution is -0.137. The number of nitrogens with zero attached hydrogens (tertiary/aromatic N) is 1. The van der Waals surface area contributed by atoms with Crippen LogP contribution >= 0.6 is 11.3 Å². The van der Waals surface area contributed by atoms with Crippen LogP contribution in [0.1, 0.15) is 42.1 Å². The molecule has 0 aromatic carbocycles. The summed E-state index contributed by atoms with van der Waals surface area (Å²) in [6, 6.07) is 0.0288. The van der Waals surface area contributed by atoms with E-state index in [-0.39, 0.29) is 6.04 Å². The molecule has 1 aliphatic carbocycles. The zero-order valence-electron chi connectivity index (χ0n) is 9.55. The molecule has 17 heavy (non-hydrogen) atoms. The van der Waals surface area contributed by atoms with Crippen molar-refractivity contribution in [1.29, 1.82) is 0 Å². The van der Waals surface area contributed by atoms with Crippen molar-refractivity contribution in [1.82, 2.24) is 10.3 Å². The molecule has 1 aromatic rings. The van der Waals surface area contributed by atoms with Crippen LogP contribution in [0.2, 0.25) is 0 Å². The zero-order valence-corrected chi connectivity index (χ0v) is 10.4. The van der Waals surface area contributed by atoms with Gasteiger partial charge in [-0.15, -0.1) is 11.3 Å². The Morgan fingerprint density at radius 1 is 1.53 bits per heavy atom. The van der Waals surface area contributed by atoms with Crippen LogP contribution in [0.25, 0.3) is 0 Å². The maximum atomic E-state index is 12.5. The van der Waals surface area contributed by atoms with E-state index in [4.69, 9.17) is 0 Å². The number of rotatable bonds is 5. The molecule has 0 amide bonds. The van der Waals surface area contributed by atoms with Crippen LogP contribution in [0.5, 0.6) is 0 Å². The first-order chi connectivity index (χ1) is 8.00. The summed E-state index contributed by atoms with van der Waals surface area (Å²) in [6.45, 7) is 2.72. The average Bonchev–Trinajstić information content (AvgIpc) is 2.91. The standard InChI is InChI=1S/C11H15F3N2S/c1-2-15-8(5-7-3-4-7)9-6-16-10(17-9)11(12,13)14/h6-8,15H,2-5H2,1H3. The molecule has 2 rings (SSSR count). The second-order valence-electron chi connectivity index (χ2n) is 4.35. The van der Waals surface area contributed by atoms with Crippen LogP contribution in [0.3, 0.4) is 0 Å². The second kappa shape index (κ2) is 4.94. The van der Waals surface area contributed by atoms with Gasteiger partial charge in [0.1, 0.15) is 0 Å². The fourth-order valence-corrected chi connectivity index (χ4v) is 2.68. The Morgan fingerprint density at radius 2 is 2.24 bits per heavy atom. The molecule has 1 saturated carbocycles. The van der Waals surface area contributed by atoms with Gasteiger partial charge in [-0.1, -0.05) is 19.8 Å². The van der Waals surface area contributed by atoms with Gasteiger partial charge in [-0.25, -0.2) is 4.98 Å². The van der Waals surface area contributed by atoms with E-state index >= 15 is 0 Å². The van der Waals surface area contributed by atoms with E-state index in [1.807, 2.05) is 6.92 Å². The van der Waals surface area contributed by atoms with Crippen LogP contribution in [-0.2, 0) is 6.18 Å². The highest BCUT2D eigenvalue weighted by Crippen LogP contribution is 2.40. The summed E-state index contributed by atoms with van der Waals surface area (Å²) in [7, 11) is 0. The zero-order chi connectivity index (χ0) is 12.5. The highest BCUT2D eigenvalue weighted by molar-refractivity contribution is 7.11. The molecule has 1 unspecified atom stereocenters. The summed E-state index contributed by atoms with van der Waals surface area (Å²) in [4.78, 5) is 4.17. The smallest absolute Gasteiger partial charge is 0.309 e. The first-order valence-electron chi connectivity index (χ1n) is 5.77. The number of hydrogen-bond donors (Lipinski definition) is 1. The van der Waals surface area contributed by atoms with Gasteiger partial charge >= 0.3 is 6.18 Å². The van der Waals surface area contributed by atoms with E-state index < -0.39 is 11.2 Å². The van der Waals surface area contributed by atoms with Crippen LogP contribution in [-0.4, -0.2) is 11.5 Å². The van der Waals surface area contributed by atoms with Crippen molar-refractivity contribution in [3.8, 4) is 0 Å². The SMILES string of the molecule is CCNC(CC1CC1)c1cnc(C(F)(F)F)s1. The molecule has 2 nitrogen and oxygen atoms in total. The Bertz CT molecular complexity index is 371. The van der Waals surface area contributed by atoms with Crippen LogP contribution in [0.15, 0.2) is 6.20 Å². The Balaban J connectivity index is 2.08. The molecule has 1 atom stereocenters. The Labute approximate surface area is 102 Å². The lowest BCUT2D eigenvalue weighted by Crippen LogP contribution is -2.20. The van der Waals surface area contributed by atoms with Gasteiger partial charge < -0.3 is 5.32 Å². The van der Waals surface area contributed by atoms with Gasteiger partial charge in [0.25, 0.3) is 0 Å². The minimum atomic E-state index is -4.32. The maximum absolute atomic E-state index is 12.5. The van der Waals surface area contributed by atoms with Crippen LogP contribution in [0.4, 0.5) is 13.2 Å². The van der Waals surface area contributed by atoms with E-state index in [1.54, 1.807) is 0 Å². The number of halogens is 3. The Morgan fingerprint density at radius 3 is 2.71 bits per heavy atom. The summed E-state index contributed by atoms with van der Waals surface area (Å²) < 4.78 is 37.4. The van der Waals surface area contributed by atoms with E-state index in [0.29, 0.717) is 10.8 Å². The van der Waals surface area contributed by atoms with Crippen molar-refractivity contribution in [2.45, 2.75) is 38.4 Å². The van der Waals surface area contributed by atoms with Gasteiger partial charge in [0.05, 0.1) is 0 Å². The molecule has 0 saturated heterocycles. The largest absolute Gasteiger partial charge is 0.443 e. The van der Waals surface area contributed by atoms with Crippen molar-refractivity contribution in [3.05, 3.63) is 16.1 Å². The van der Waals surface area contributed by atoms with Crippen molar-refractivity contribution in [2.75, 3.05) is 6.54 Å². The fourth-order valence-electron chi connectivity index (χ4n) is 1.81. The van der Waals surface area contributed by atoms with Crippen molar-refractivity contribution in [2.24, 2.45) is 5.92 Å². The predicted octanol–water partition coefficient (Wildman–Crippen LogP) is 3.61. The Hall–Kier alpha value is -0.620. The molecule has 1 N–H and O–H groups in total. The number of nitrogens with one attached hydrogen (secondary N) is 1. The quantitative estimate of drug-likeness (QED) is 0.878. The molecule has 1 aromatic heterocycles. The topological polar surface area (TPSA) is 24.9 Å².